The van der Waals surface area contributed by atoms with Crippen molar-refractivity contribution in [3.8, 4) is 0 Å². The summed E-state index contributed by atoms with van der Waals surface area (Å²) in [5.41, 5.74) is 1.10. The van der Waals surface area contributed by atoms with Crippen molar-refractivity contribution in [3.05, 3.63) is 35.9 Å². The van der Waals surface area contributed by atoms with E-state index in [9.17, 15) is 8.42 Å². The molecule has 1 aromatic rings. The smallest absolute Gasteiger partial charge is 1.00 e. The van der Waals surface area contributed by atoms with E-state index >= 15 is 0 Å². The summed E-state index contributed by atoms with van der Waals surface area (Å²) in [6.07, 6.45) is 0.600. The number of benzene rings is 1. The van der Waals surface area contributed by atoms with Crippen molar-refractivity contribution >= 4 is 10.2 Å². The minimum absolute atomic E-state index is 0. The Kier molecular flexibility index (Phi) is 9.98. The van der Waals surface area contributed by atoms with E-state index in [0.29, 0.717) is 26.2 Å². The molecule has 1 aromatic carbocycles. The third kappa shape index (κ3) is 10.3. The Bertz CT molecular complexity index is 403. The largest absolute Gasteiger partial charge is 1.00 e. The van der Waals surface area contributed by atoms with Crippen LogP contribution in [0.15, 0.2) is 30.3 Å². The predicted octanol–water partition coefficient (Wildman–Crippen LogP) is -2.50. The van der Waals surface area contributed by atoms with E-state index in [4.69, 9.17) is 9.88 Å². The molecule has 17 heavy (non-hydrogen) atoms. The average Bonchev–Trinajstić information content (AvgIpc) is 2.23. The molecule has 92 valence electrons. The van der Waals surface area contributed by atoms with E-state index in [-0.39, 0.29) is 52.8 Å². The molecule has 0 heterocycles. The van der Waals surface area contributed by atoms with Gasteiger partial charge in [0.25, 0.3) is 10.2 Å². The van der Waals surface area contributed by atoms with Crippen molar-refractivity contribution in [3.63, 3.8) is 0 Å². The van der Waals surface area contributed by atoms with Crippen molar-refractivity contribution in [2.75, 3.05) is 13.2 Å². The zero-order valence-corrected chi connectivity index (χ0v) is 13.9. The molecule has 0 amide bonds. The van der Waals surface area contributed by atoms with Crippen LogP contribution in [0.1, 0.15) is 13.4 Å². The molecule has 0 saturated heterocycles. The van der Waals surface area contributed by atoms with Crippen LogP contribution >= 0.6 is 0 Å². The topological polar surface area (TPSA) is 81.4 Å². The summed E-state index contributed by atoms with van der Waals surface area (Å²) >= 11 is 0. The summed E-state index contributed by atoms with van der Waals surface area (Å²) < 4.78 is 28.6. The van der Waals surface area contributed by atoms with Gasteiger partial charge in [-0.1, -0.05) is 30.3 Å². The summed E-state index contributed by atoms with van der Waals surface area (Å²) in [5.74, 6) is 0. The molecular formula is C10H17KN2O3S. The first kappa shape index (κ1) is 17.7. The Morgan fingerprint density at radius 2 is 1.94 bits per heavy atom. The van der Waals surface area contributed by atoms with Crippen molar-refractivity contribution in [2.24, 2.45) is 5.14 Å². The van der Waals surface area contributed by atoms with Gasteiger partial charge in [0.05, 0.1) is 6.61 Å². The average molecular weight is 284 g/mol. The summed E-state index contributed by atoms with van der Waals surface area (Å²) in [7, 11) is -3.57. The van der Waals surface area contributed by atoms with Crippen molar-refractivity contribution in [1.29, 1.82) is 0 Å². The summed E-state index contributed by atoms with van der Waals surface area (Å²) in [6, 6.07) is 9.78. The van der Waals surface area contributed by atoms with Gasteiger partial charge in [0.2, 0.25) is 0 Å². The first-order chi connectivity index (χ1) is 7.58. The predicted molar refractivity (Wildman–Crippen MR) is 62.9 cm³/mol. The first-order valence-corrected chi connectivity index (χ1v) is 6.51. The zero-order chi connectivity index (χ0) is 11.9. The van der Waals surface area contributed by atoms with Crippen molar-refractivity contribution in [2.45, 2.75) is 13.0 Å². The molecule has 1 rings (SSSR count). The Morgan fingerprint density at radius 3 is 2.53 bits per heavy atom. The Morgan fingerprint density at radius 1 is 1.29 bits per heavy atom. The fraction of sp³-hybridized carbons (Fsp3) is 0.400. The molecule has 0 atom stereocenters. The van der Waals surface area contributed by atoms with Crippen LogP contribution in [0, 0.1) is 0 Å². The van der Waals surface area contributed by atoms with Crippen molar-refractivity contribution < 1.29 is 66.0 Å². The molecule has 0 saturated carbocycles. The molecule has 5 nitrogen and oxygen atoms in total. The number of hydrogen-bond donors (Lipinski definition) is 2. The molecule has 0 fully saturated rings. The van der Waals surface area contributed by atoms with Gasteiger partial charge < -0.3 is 6.16 Å². The minimum Gasteiger partial charge on any atom is -1.00 e. The van der Waals surface area contributed by atoms with Crippen LogP contribution in [-0.2, 0) is 21.6 Å². The summed E-state index contributed by atoms with van der Waals surface area (Å²) in [5, 5.41) is 4.76. The fourth-order valence-corrected chi connectivity index (χ4v) is 1.58. The van der Waals surface area contributed by atoms with Crippen LogP contribution < -0.4 is 61.2 Å². The molecule has 0 aliphatic carbocycles. The number of rotatable bonds is 7. The number of ether oxygens (including phenoxy) is 1. The third-order valence-electron chi connectivity index (χ3n) is 1.88. The van der Waals surface area contributed by atoms with Crippen LogP contribution in [0.5, 0.6) is 0 Å². The molecule has 0 aromatic heterocycles. The second-order valence-electron chi connectivity index (χ2n) is 3.33. The van der Waals surface area contributed by atoms with Gasteiger partial charge in [0.15, 0.2) is 0 Å². The van der Waals surface area contributed by atoms with Gasteiger partial charge in [-0.05, 0) is 12.0 Å². The first-order valence-electron chi connectivity index (χ1n) is 4.97. The molecule has 0 aliphatic rings. The SMILES string of the molecule is NS(=O)(=O)NCCCOCc1ccccc1.[H-].[K+]. The van der Waals surface area contributed by atoms with E-state index in [2.05, 4.69) is 4.72 Å². The van der Waals surface area contributed by atoms with Crippen LogP contribution in [0.25, 0.3) is 0 Å². The maximum Gasteiger partial charge on any atom is 1.00 e. The van der Waals surface area contributed by atoms with E-state index < -0.39 is 10.2 Å². The molecule has 0 bridgehead atoms. The molecule has 0 aliphatic heterocycles. The second kappa shape index (κ2) is 9.59. The molecule has 0 spiro atoms. The maximum absolute atomic E-state index is 10.5. The third-order valence-corrected chi connectivity index (χ3v) is 2.49. The van der Waals surface area contributed by atoms with Gasteiger partial charge in [0, 0.05) is 13.2 Å². The normalized spacial score (nSPS) is 10.9. The van der Waals surface area contributed by atoms with Gasteiger partial charge in [-0.2, -0.15) is 8.42 Å². The van der Waals surface area contributed by atoms with Crippen LogP contribution in [0.2, 0.25) is 0 Å². The van der Waals surface area contributed by atoms with Crippen LogP contribution in [0.3, 0.4) is 0 Å². The Labute approximate surface area is 146 Å². The van der Waals surface area contributed by atoms with Gasteiger partial charge in [-0.15, -0.1) is 0 Å². The van der Waals surface area contributed by atoms with E-state index in [0.717, 1.165) is 5.56 Å². The number of nitrogens with two attached hydrogens (primary N) is 1. The monoisotopic (exact) mass is 284 g/mol. The molecular weight excluding hydrogens is 267 g/mol. The molecule has 0 radical (unpaired) electrons. The maximum atomic E-state index is 10.5. The summed E-state index contributed by atoms with van der Waals surface area (Å²) in [6.45, 7) is 1.33. The van der Waals surface area contributed by atoms with Gasteiger partial charge >= 0.3 is 51.4 Å². The molecule has 3 N–H and O–H groups in total. The Balaban J connectivity index is 0. The van der Waals surface area contributed by atoms with Gasteiger partial charge in [-0.25, -0.2) is 9.86 Å². The van der Waals surface area contributed by atoms with Crippen molar-refractivity contribution in [1.82, 2.24) is 4.72 Å². The molecule has 7 heteroatoms. The fourth-order valence-electron chi connectivity index (χ4n) is 1.15. The Hall–Kier alpha value is 0.686. The van der Waals surface area contributed by atoms with Crippen LogP contribution in [-0.4, -0.2) is 21.6 Å². The van der Waals surface area contributed by atoms with Gasteiger partial charge in [0.1, 0.15) is 0 Å². The van der Waals surface area contributed by atoms with E-state index in [1.807, 2.05) is 30.3 Å². The minimum atomic E-state index is -3.57. The number of hydrogen-bond acceptors (Lipinski definition) is 3. The van der Waals surface area contributed by atoms with Gasteiger partial charge in [-0.3, -0.25) is 0 Å². The van der Waals surface area contributed by atoms with E-state index in [1.54, 1.807) is 0 Å². The zero-order valence-electron chi connectivity index (χ0n) is 10.9. The molecule has 0 unspecified atom stereocenters. The quantitative estimate of drug-likeness (QED) is 0.429. The summed E-state index contributed by atoms with van der Waals surface area (Å²) in [4.78, 5) is 0. The van der Waals surface area contributed by atoms with Crippen LogP contribution in [0.4, 0.5) is 0 Å². The second-order valence-corrected chi connectivity index (χ2v) is 4.71. The standard InChI is InChI=1S/C10H16N2O3S.K.H/c11-16(13,14)12-7-4-8-15-9-10-5-2-1-3-6-10;;/h1-3,5-6,12H,4,7-9H2,(H2,11,13,14);;/q;+1;-1. The number of nitrogens with one attached hydrogen (secondary N) is 1. The van der Waals surface area contributed by atoms with E-state index in [1.165, 1.54) is 0 Å².